The van der Waals surface area contributed by atoms with Crippen LogP contribution in [0.3, 0.4) is 0 Å². The van der Waals surface area contributed by atoms with E-state index < -0.39 is 11.9 Å². The molecule has 0 aliphatic carbocycles. The molecule has 1 atom stereocenters. The number of carboxylic acids is 1. The van der Waals surface area contributed by atoms with Gasteiger partial charge in [0.2, 0.25) is 0 Å². The average molecular weight is 239 g/mol. The van der Waals surface area contributed by atoms with Gasteiger partial charge in [0.15, 0.2) is 0 Å². The lowest BCUT2D eigenvalue weighted by Gasteiger charge is -2.13. The molecule has 0 heterocycles. The molecule has 0 saturated carbocycles. The van der Waals surface area contributed by atoms with Gasteiger partial charge in [-0.15, -0.1) is 6.58 Å². The van der Waals surface area contributed by atoms with Crippen LogP contribution in [-0.4, -0.2) is 11.1 Å². The minimum Gasteiger partial charge on any atom is -0.481 e. The van der Waals surface area contributed by atoms with Crippen molar-refractivity contribution in [3.05, 3.63) is 47.5 Å². The van der Waals surface area contributed by atoms with Gasteiger partial charge in [0.25, 0.3) is 0 Å². The SMILES string of the molecule is C=CCCCC(C(=O)O)c1ccccc1Cl. The van der Waals surface area contributed by atoms with Gasteiger partial charge in [-0.1, -0.05) is 35.9 Å². The Hall–Kier alpha value is -1.28. The number of aliphatic carboxylic acids is 1. The first-order chi connectivity index (χ1) is 7.66. The number of carboxylic acid groups (broad SMARTS) is 1. The fourth-order valence-electron chi connectivity index (χ4n) is 1.64. The quantitative estimate of drug-likeness (QED) is 0.604. The topological polar surface area (TPSA) is 37.3 Å². The number of benzene rings is 1. The summed E-state index contributed by atoms with van der Waals surface area (Å²) in [5.74, 6) is -1.34. The number of rotatable bonds is 6. The highest BCUT2D eigenvalue weighted by atomic mass is 35.5. The van der Waals surface area contributed by atoms with E-state index in [9.17, 15) is 4.79 Å². The molecule has 0 fully saturated rings. The molecule has 3 heteroatoms. The van der Waals surface area contributed by atoms with Crippen LogP contribution in [0.4, 0.5) is 0 Å². The molecule has 0 bridgehead atoms. The normalized spacial score (nSPS) is 12.1. The number of allylic oxidation sites excluding steroid dienone is 1. The molecule has 0 aromatic heterocycles. The molecule has 0 saturated heterocycles. The molecule has 0 aliphatic rings. The average Bonchev–Trinajstić information content (AvgIpc) is 2.25. The lowest BCUT2D eigenvalue weighted by atomic mass is 9.93. The molecule has 2 nitrogen and oxygen atoms in total. The van der Waals surface area contributed by atoms with Crippen molar-refractivity contribution in [1.82, 2.24) is 0 Å². The summed E-state index contributed by atoms with van der Waals surface area (Å²) in [5, 5.41) is 9.69. The van der Waals surface area contributed by atoms with Crippen molar-refractivity contribution in [3.63, 3.8) is 0 Å². The Morgan fingerprint density at radius 2 is 2.19 bits per heavy atom. The van der Waals surface area contributed by atoms with Crippen LogP contribution in [0, 0.1) is 0 Å². The molecule has 0 amide bonds. The van der Waals surface area contributed by atoms with Gasteiger partial charge in [-0.05, 0) is 30.9 Å². The first-order valence-corrected chi connectivity index (χ1v) is 5.62. The van der Waals surface area contributed by atoms with Gasteiger partial charge in [-0.25, -0.2) is 0 Å². The summed E-state index contributed by atoms with van der Waals surface area (Å²) in [4.78, 5) is 11.2. The summed E-state index contributed by atoms with van der Waals surface area (Å²) in [6, 6.07) is 7.11. The van der Waals surface area contributed by atoms with Crippen molar-refractivity contribution in [2.75, 3.05) is 0 Å². The third-order valence-electron chi connectivity index (χ3n) is 2.48. The van der Waals surface area contributed by atoms with Crippen LogP contribution >= 0.6 is 11.6 Å². The number of unbranched alkanes of at least 4 members (excludes halogenated alkanes) is 1. The second kappa shape index (κ2) is 6.33. The van der Waals surface area contributed by atoms with Crippen LogP contribution in [0.1, 0.15) is 30.7 Å². The minimum absolute atomic E-state index is 0.520. The summed E-state index contributed by atoms with van der Waals surface area (Å²) < 4.78 is 0. The van der Waals surface area contributed by atoms with E-state index in [2.05, 4.69) is 6.58 Å². The zero-order chi connectivity index (χ0) is 12.0. The molecule has 1 unspecified atom stereocenters. The monoisotopic (exact) mass is 238 g/mol. The van der Waals surface area contributed by atoms with Crippen LogP contribution in [0.15, 0.2) is 36.9 Å². The van der Waals surface area contributed by atoms with Gasteiger partial charge >= 0.3 is 5.97 Å². The summed E-state index contributed by atoms with van der Waals surface area (Å²) in [6.45, 7) is 3.62. The van der Waals surface area contributed by atoms with Gasteiger partial charge in [0.1, 0.15) is 0 Å². The Bertz CT molecular complexity index is 374. The Labute approximate surface area is 101 Å². The third kappa shape index (κ3) is 3.38. The van der Waals surface area contributed by atoms with E-state index in [0.717, 1.165) is 12.8 Å². The smallest absolute Gasteiger partial charge is 0.311 e. The molecule has 0 radical (unpaired) electrons. The maximum atomic E-state index is 11.2. The van der Waals surface area contributed by atoms with Gasteiger partial charge in [-0.3, -0.25) is 4.79 Å². The standard InChI is InChI=1S/C13H15ClO2/c1-2-3-4-8-11(13(15)16)10-7-5-6-9-12(10)14/h2,5-7,9,11H,1,3-4,8H2,(H,15,16). The van der Waals surface area contributed by atoms with Crippen LogP contribution in [0.2, 0.25) is 5.02 Å². The van der Waals surface area contributed by atoms with Crippen molar-refractivity contribution >= 4 is 17.6 Å². The van der Waals surface area contributed by atoms with Crippen LogP contribution in [-0.2, 0) is 4.79 Å². The maximum absolute atomic E-state index is 11.2. The molecule has 16 heavy (non-hydrogen) atoms. The van der Waals surface area contributed by atoms with Crippen molar-refractivity contribution in [3.8, 4) is 0 Å². The maximum Gasteiger partial charge on any atom is 0.311 e. The first-order valence-electron chi connectivity index (χ1n) is 5.25. The molecular formula is C13H15ClO2. The minimum atomic E-state index is -0.822. The zero-order valence-corrected chi connectivity index (χ0v) is 9.78. The molecule has 1 rings (SSSR count). The number of hydrogen-bond donors (Lipinski definition) is 1. The second-order valence-corrected chi connectivity index (χ2v) is 4.04. The van der Waals surface area contributed by atoms with E-state index >= 15 is 0 Å². The van der Waals surface area contributed by atoms with Crippen molar-refractivity contribution < 1.29 is 9.90 Å². The Balaban J connectivity index is 2.81. The number of hydrogen-bond acceptors (Lipinski definition) is 1. The van der Waals surface area contributed by atoms with E-state index in [4.69, 9.17) is 16.7 Å². The fraction of sp³-hybridized carbons (Fsp3) is 0.308. The van der Waals surface area contributed by atoms with E-state index in [1.165, 1.54) is 0 Å². The molecule has 86 valence electrons. The van der Waals surface area contributed by atoms with Crippen molar-refractivity contribution in [2.45, 2.75) is 25.2 Å². The second-order valence-electron chi connectivity index (χ2n) is 3.63. The zero-order valence-electron chi connectivity index (χ0n) is 9.03. The first kappa shape index (κ1) is 12.8. The Morgan fingerprint density at radius 1 is 1.50 bits per heavy atom. The lowest BCUT2D eigenvalue weighted by Crippen LogP contribution is -2.12. The highest BCUT2D eigenvalue weighted by Gasteiger charge is 2.21. The van der Waals surface area contributed by atoms with Crippen LogP contribution in [0.5, 0.6) is 0 Å². The summed E-state index contributed by atoms with van der Waals surface area (Å²) in [5.41, 5.74) is 0.695. The van der Waals surface area contributed by atoms with Gasteiger partial charge in [-0.2, -0.15) is 0 Å². The molecule has 0 aliphatic heterocycles. The van der Waals surface area contributed by atoms with Gasteiger partial charge < -0.3 is 5.11 Å². The third-order valence-corrected chi connectivity index (χ3v) is 2.82. The molecular weight excluding hydrogens is 224 g/mol. The van der Waals surface area contributed by atoms with E-state index in [1.807, 2.05) is 6.07 Å². The van der Waals surface area contributed by atoms with Crippen molar-refractivity contribution in [1.29, 1.82) is 0 Å². The van der Waals surface area contributed by atoms with Gasteiger partial charge in [0, 0.05) is 5.02 Å². The summed E-state index contributed by atoms with van der Waals surface area (Å²) in [6.07, 6.45) is 4.02. The van der Waals surface area contributed by atoms with Crippen molar-refractivity contribution in [2.24, 2.45) is 0 Å². The fourth-order valence-corrected chi connectivity index (χ4v) is 1.90. The Morgan fingerprint density at radius 3 is 2.75 bits per heavy atom. The summed E-state index contributed by atoms with van der Waals surface area (Å²) >= 11 is 5.99. The molecule has 1 aromatic carbocycles. The predicted octanol–water partition coefficient (Wildman–Crippen LogP) is 3.86. The highest BCUT2D eigenvalue weighted by molar-refractivity contribution is 6.31. The predicted molar refractivity (Wildman–Crippen MR) is 65.9 cm³/mol. The number of halogens is 1. The Kier molecular flexibility index (Phi) is 5.06. The molecule has 1 N–H and O–H groups in total. The van der Waals surface area contributed by atoms with E-state index in [-0.39, 0.29) is 0 Å². The molecule has 1 aromatic rings. The van der Waals surface area contributed by atoms with Gasteiger partial charge in [0.05, 0.1) is 5.92 Å². The van der Waals surface area contributed by atoms with Crippen LogP contribution in [0.25, 0.3) is 0 Å². The number of carbonyl (C=O) groups is 1. The molecule has 0 spiro atoms. The largest absolute Gasteiger partial charge is 0.481 e. The van der Waals surface area contributed by atoms with E-state index in [1.54, 1.807) is 24.3 Å². The lowest BCUT2D eigenvalue weighted by molar-refractivity contribution is -0.139. The summed E-state index contributed by atoms with van der Waals surface area (Å²) in [7, 11) is 0. The van der Waals surface area contributed by atoms with Crippen LogP contribution < -0.4 is 0 Å². The highest BCUT2D eigenvalue weighted by Crippen LogP contribution is 2.28. The van der Waals surface area contributed by atoms with E-state index in [0.29, 0.717) is 17.0 Å².